The van der Waals surface area contributed by atoms with Crippen molar-refractivity contribution in [2.75, 3.05) is 41.0 Å². The summed E-state index contributed by atoms with van der Waals surface area (Å²) in [6.45, 7) is 4.46. The minimum atomic E-state index is -0.884. The summed E-state index contributed by atoms with van der Waals surface area (Å²) in [6, 6.07) is -0.625. The zero-order valence-electron chi connectivity index (χ0n) is 37.5. The Balaban J connectivity index is 4.40. The van der Waals surface area contributed by atoms with Crippen molar-refractivity contribution < 1.29 is 38.2 Å². The average Bonchev–Trinajstić information content (AvgIpc) is 3.18. The van der Waals surface area contributed by atoms with Crippen molar-refractivity contribution in [3.63, 3.8) is 0 Å². The van der Waals surface area contributed by atoms with Crippen LogP contribution in [0.2, 0.25) is 0 Å². The van der Waals surface area contributed by atoms with Crippen LogP contribution in [0.15, 0.2) is 85.1 Å². The van der Waals surface area contributed by atoms with Crippen LogP contribution in [0.4, 0.5) is 0 Å². The van der Waals surface area contributed by atoms with Crippen molar-refractivity contribution in [2.24, 2.45) is 0 Å². The Kier molecular flexibility index (Phi) is 37.9. The second-order valence-corrected chi connectivity index (χ2v) is 15.9. The van der Waals surface area contributed by atoms with E-state index in [0.29, 0.717) is 19.3 Å². The summed E-state index contributed by atoms with van der Waals surface area (Å²) < 4.78 is 17.3. The van der Waals surface area contributed by atoms with Gasteiger partial charge in [-0.15, -0.1) is 0 Å². The maximum atomic E-state index is 12.7. The number of hydrogen-bond donors (Lipinski definition) is 1. The van der Waals surface area contributed by atoms with Crippen LogP contribution in [0.3, 0.4) is 0 Å². The van der Waals surface area contributed by atoms with Gasteiger partial charge in [0.15, 0.2) is 12.1 Å². The molecule has 0 aromatic carbocycles. The lowest BCUT2D eigenvalue weighted by molar-refractivity contribution is -0.887. The molecule has 0 aromatic rings. The van der Waals surface area contributed by atoms with Gasteiger partial charge in [-0.3, -0.25) is 9.59 Å². The van der Waals surface area contributed by atoms with Crippen LogP contribution in [0.1, 0.15) is 162 Å². The van der Waals surface area contributed by atoms with Gasteiger partial charge in [0.25, 0.3) is 0 Å². The van der Waals surface area contributed by atoms with Crippen LogP contribution in [-0.2, 0) is 28.6 Å². The molecule has 0 rings (SSSR count). The number of hydrogen-bond acceptors (Lipinski definition) is 6. The number of carbonyl (C=O) groups is 3. The Labute approximate surface area is 354 Å². The Morgan fingerprint density at radius 3 is 1.34 bits per heavy atom. The fourth-order valence-electron chi connectivity index (χ4n) is 6.10. The predicted octanol–water partition coefficient (Wildman–Crippen LogP) is 12.5. The van der Waals surface area contributed by atoms with E-state index in [0.717, 1.165) is 103 Å². The summed E-state index contributed by atoms with van der Waals surface area (Å²) in [4.78, 5) is 37.0. The van der Waals surface area contributed by atoms with E-state index in [2.05, 4.69) is 98.9 Å². The number of carboxylic acid groups (broad SMARTS) is 1. The third kappa shape index (κ3) is 38.1. The highest BCUT2D eigenvalue weighted by atomic mass is 16.6. The maximum absolute atomic E-state index is 12.7. The topological polar surface area (TPSA) is 99.1 Å². The molecule has 0 heterocycles. The lowest BCUT2D eigenvalue weighted by Crippen LogP contribution is -2.50. The number of likely N-dealkylation sites (N-methyl/N-ethyl adjacent to an activating group) is 1. The third-order valence-corrected chi connectivity index (χ3v) is 9.54. The molecule has 0 fully saturated rings. The molecule has 0 saturated carbocycles. The van der Waals surface area contributed by atoms with Gasteiger partial charge in [-0.2, -0.15) is 0 Å². The largest absolute Gasteiger partial charge is 0.477 e. The van der Waals surface area contributed by atoms with Gasteiger partial charge < -0.3 is 23.8 Å². The molecule has 0 saturated heterocycles. The van der Waals surface area contributed by atoms with Gasteiger partial charge in [0, 0.05) is 19.3 Å². The fraction of sp³-hybridized carbons (Fsp3) is 0.660. The monoisotopic (exact) mass is 811 g/mol. The number of carbonyl (C=O) groups excluding carboxylic acids is 2. The van der Waals surface area contributed by atoms with E-state index in [9.17, 15) is 19.5 Å². The molecule has 0 aliphatic carbocycles. The number of esters is 2. The highest BCUT2D eigenvalue weighted by molar-refractivity contribution is 5.72. The predicted molar refractivity (Wildman–Crippen MR) is 243 cm³/mol. The number of nitrogens with zero attached hydrogens (tertiary/aromatic N) is 1. The maximum Gasteiger partial charge on any atom is 0.362 e. The molecule has 8 nitrogen and oxygen atoms in total. The number of quaternary nitrogens is 1. The van der Waals surface area contributed by atoms with E-state index in [-0.39, 0.29) is 36.2 Å². The van der Waals surface area contributed by atoms with Crippen LogP contribution in [-0.4, -0.2) is 80.6 Å². The molecule has 0 bridgehead atoms. The van der Waals surface area contributed by atoms with Gasteiger partial charge >= 0.3 is 17.9 Å². The summed E-state index contributed by atoms with van der Waals surface area (Å²) >= 11 is 0. The molecule has 2 atom stereocenters. The van der Waals surface area contributed by atoms with Crippen molar-refractivity contribution in [1.82, 2.24) is 0 Å². The van der Waals surface area contributed by atoms with E-state index in [1.807, 2.05) is 21.1 Å². The van der Waals surface area contributed by atoms with E-state index >= 15 is 0 Å². The SMILES string of the molecule is CC/C=C/C/C=C/C/C=C/C/C=C/C/C=C/CCCCCCC(=O)OC(COCCC(C(=O)O)[N+](C)(C)C)COC(=O)CCCCCCCCC/C=C/C/C=C/CC. The highest BCUT2D eigenvalue weighted by Crippen LogP contribution is 2.13. The van der Waals surface area contributed by atoms with Gasteiger partial charge in [-0.25, -0.2) is 4.79 Å². The van der Waals surface area contributed by atoms with Crippen LogP contribution in [0, 0.1) is 0 Å². The highest BCUT2D eigenvalue weighted by Gasteiger charge is 2.31. The summed E-state index contributed by atoms with van der Waals surface area (Å²) in [5.74, 6) is -1.52. The van der Waals surface area contributed by atoms with Gasteiger partial charge in [0.1, 0.15) is 6.61 Å². The van der Waals surface area contributed by atoms with Gasteiger partial charge in [0.05, 0.1) is 34.4 Å². The molecule has 0 spiro atoms. The molecular weight excluding hydrogens is 727 g/mol. The second kappa shape index (κ2) is 40.3. The number of ether oxygens (including phenoxy) is 3. The molecule has 8 heteroatoms. The normalized spacial score (nSPS) is 13.7. The van der Waals surface area contributed by atoms with Crippen molar-refractivity contribution in [3.8, 4) is 0 Å². The van der Waals surface area contributed by atoms with E-state index in [1.165, 1.54) is 25.7 Å². The first kappa shape index (κ1) is 54.5. The molecule has 2 unspecified atom stereocenters. The zero-order valence-corrected chi connectivity index (χ0v) is 37.5. The van der Waals surface area contributed by atoms with Crippen molar-refractivity contribution in [1.29, 1.82) is 0 Å². The third-order valence-electron chi connectivity index (χ3n) is 9.54. The van der Waals surface area contributed by atoms with E-state index in [1.54, 1.807) is 0 Å². The van der Waals surface area contributed by atoms with E-state index in [4.69, 9.17) is 14.2 Å². The van der Waals surface area contributed by atoms with Crippen LogP contribution in [0.5, 0.6) is 0 Å². The average molecular weight is 811 g/mol. The Morgan fingerprint density at radius 1 is 0.517 bits per heavy atom. The molecular formula is C50H84NO7+. The Bertz CT molecular complexity index is 1220. The number of rotatable bonds is 39. The molecule has 58 heavy (non-hydrogen) atoms. The van der Waals surface area contributed by atoms with Crippen LogP contribution < -0.4 is 0 Å². The standard InChI is InChI=1S/C50H83NO7/c1-6-8-10-12-14-16-18-20-22-23-24-25-26-27-29-31-33-35-37-39-41-49(53)58-46(44-56-43-42-47(50(54)55)51(3,4)5)45-57-48(52)40-38-36-34-32-30-28-21-19-17-15-13-11-9-7-2/h8-11,14-17,20,22,24-25,27,29,46-47H,6-7,12-13,18-19,21,23,26,28,30-45H2,1-5H3/p+1/b10-8+,11-9+,16-14+,17-15+,22-20+,25-24+,29-27+. The molecule has 330 valence electrons. The Morgan fingerprint density at radius 2 is 0.914 bits per heavy atom. The summed E-state index contributed by atoms with van der Waals surface area (Å²) in [6.07, 6.45) is 52.0. The van der Waals surface area contributed by atoms with Crippen molar-refractivity contribution >= 4 is 17.9 Å². The summed E-state index contributed by atoms with van der Waals surface area (Å²) in [5.41, 5.74) is 0. The number of allylic oxidation sites excluding steroid dienone is 14. The molecule has 0 aromatic heterocycles. The molecule has 0 amide bonds. The van der Waals surface area contributed by atoms with Crippen molar-refractivity contribution in [3.05, 3.63) is 85.1 Å². The lowest BCUT2D eigenvalue weighted by atomic mass is 10.1. The van der Waals surface area contributed by atoms with Crippen molar-refractivity contribution in [2.45, 2.75) is 174 Å². The first-order valence-corrected chi connectivity index (χ1v) is 22.6. The summed E-state index contributed by atoms with van der Waals surface area (Å²) in [7, 11) is 5.51. The second-order valence-electron chi connectivity index (χ2n) is 15.9. The smallest absolute Gasteiger partial charge is 0.362 e. The minimum absolute atomic E-state index is 0.0431. The van der Waals surface area contributed by atoms with E-state index < -0.39 is 18.1 Å². The molecule has 0 radical (unpaired) electrons. The number of unbranched alkanes of at least 4 members (excludes halogenated alkanes) is 11. The zero-order chi connectivity index (χ0) is 42.8. The number of aliphatic carboxylic acids is 1. The quantitative estimate of drug-likeness (QED) is 0.0286. The lowest BCUT2D eigenvalue weighted by Gasteiger charge is -2.31. The first-order chi connectivity index (χ1) is 28.1. The minimum Gasteiger partial charge on any atom is -0.477 e. The molecule has 1 N–H and O–H groups in total. The first-order valence-electron chi connectivity index (χ1n) is 22.6. The molecule has 0 aliphatic heterocycles. The van der Waals surface area contributed by atoms with Gasteiger partial charge in [-0.1, -0.05) is 144 Å². The molecule has 0 aliphatic rings. The van der Waals surface area contributed by atoms with Crippen LogP contribution >= 0.6 is 0 Å². The fourth-order valence-corrected chi connectivity index (χ4v) is 6.10. The summed E-state index contributed by atoms with van der Waals surface area (Å²) in [5, 5.41) is 9.62. The van der Waals surface area contributed by atoms with Gasteiger partial charge in [-0.05, 0) is 83.5 Å². The van der Waals surface area contributed by atoms with Crippen LogP contribution in [0.25, 0.3) is 0 Å². The Hall–Kier alpha value is -3.49. The number of carboxylic acids is 1. The van der Waals surface area contributed by atoms with Gasteiger partial charge in [0.2, 0.25) is 0 Å².